The molecule has 0 saturated heterocycles. The van der Waals surface area contributed by atoms with Gasteiger partial charge < -0.3 is 4.90 Å². The molecule has 0 aliphatic carbocycles. The Morgan fingerprint density at radius 2 is 1.53 bits per heavy atom. The Morgan fingerprint density at radius 1 is 0.895 bits per heavy atom. The van der Waals surface area contributed by atoms with Crippen LogP contribution in [0.4, 0.5) is 11.4 Å². The van der Waals surface area contributed by atoms with E-state index in [9.17, 15) is 0 Å². The predicted molar refractivity (Wildman–Crippen MR) is 84.9 cm³/mol. The minimum absolute atomic E-state index is 0.411. The molecule has 2 aromatic rings. The third-order valence-electron chi connectivity index (χ3n) is 3.09. The Bertz CT molecular complexity index is 541. The Hall–Kier alpha value is -2.02. The summed E-state index contributed by atoms with van der Waals surface area (Å²) in [5, 5.41) is 0. The molecule has 2 rings (SSSR count). The number of para-hydroxylation sites is 2. The van der Waals surface area contributed by atoms with Gasteiger partial charge in [0.15, 0.2) is 0 Å². The lowest BCUT2D eigenvalue weighted by Crippen LogP contribution is -2.25. The Balaban J connectivity index is 2.52. The fourth-order valence-electron chi connectivity index (χ4n) is 2.33. The summed E-state index contributed by atoms with van der Waals surface area (Å²) in [6.45, 7) is 6.50. The smallest absolute Gasteiger partial charge is 0.0486 e. The van der Waals surface area contributed by atoms with Gasteiger partial charge in [-0.1, -0.05) is 48.6 Å². The number of benzene rings is 2. The molecule has 0 saturated carbocycles. The lowest BCUT2D eigenvalue weighted by atomic mass is 10.1. The van der Waals surface area contributed by atoms with E-state index in [4.69, 9.17) is 0 Å². The first-order chi connectivity index (χ1) is 9.24. The lowest BCUT2D eigenvalue weighted by molar-refractivity contribution is 0.788. The molecule has 0 spiro atoms. The highest BCUT2D eigenvalue weighted by Crippen LogP contribution is 2.31. The van der Waals surface area contributed by atoms with E-state index in [1.54, 1.807) is 0 Å². The molecule has 98 valence electrons. The van der Waals surface area contributed by atoms with Gasteiger partial charge in [0.05, 0.1) is 0 Å². The van der Waals surface area contributed by atoms with E-state index in [1.807, 2.05) is 0 Å². The summed E-state index contributed by atoms with van der Waals surface area (Å²) in [5.74, 6) is 0. The van der Waals surface area contributed by atoms with Crippen molar-refractivity contribution >= 4 is 17.5 Å². The lowest BCUT2D eigenvalue weighted by Gasteiger charge is -2.30. The summed E-state index contributed by atoms with van der Waals surface area (Å²) in [4.78, 5) is 2.37. The second-order valence-corrected chi connectivity index (χ2v) is 4.86. The van der Waals surface area contributed by atoms with Crippen molar-refractivity contribution in [1.29, 1.82) is 0 Å². The summed E-state index contributed by atoms with van der Waals surface area (Å²) in [7, 11) is 0. The molecule has 0 heterocycles. The van der Waals surface area contributed by atoms with Gasteiger partial charge in [0.1, 0.15) is 0 Å². The summed E-state index contributed by atoms with van der Waals surface area (Å²) in [5.41, 5.74) is 3.74. The highest BCUT2D eigenvalue weighted by molar-refractivity contribution is 5.74. The third-order valence-corrected chi connectivity index (χ3v) is 3.09. The van der Waals surface area contributed by atoms with Crippen LogP contribution in [-0.4, -0.2) is 6.04 Å². The fourth-order valence-corrected chi connectivity index (χ4v) is 2.33. The van der Waals surface area contributed by atoms with E-state index in [-0.39, 0.29) is 0 Å². The molecule has 0 aliphatic rings. The van der Waals surface area contributed by atoms with Gasteiger partial charge in [0, 0.05) is 17.4 Å². The van der Waals surface area contributed by atoms with E-state index in [1.165, 1.54) is 16.9 Å². The molecule has 0 unspecified atom stereocenters. The van der Waals surface area contributed by atoms with E-state index in [0.717, 1.165) is 0 Å². The van der Waals surface area contributed by atoms with E-state index < -0.39 is 0 Å². The highest BCUT2D eigenvalue weighted by Gasteiger charge is 2.14. The van der Waals surface area contributed by atoms with E-state index in [0.29, 0.717) is 6.04 Å². The Morgan fingerprint density at radius 3 is 2.16 bits per heavy atom. The van der Waals surface area contributed by atoms with E-state index in [2.05, 4.69) is 92.4 Å². The first-order valence-electron chi connectivity index (χ1n) is 6.80. The van der Waals surface area contributed by atoms with Gasteiger partial charge in [-0.05, 0) is 44.5 Å². The van der Waals surface area contributed by atoms with Crippen LogP contribution in [0.25, 0.3) is 6.08 Å². The van der Waals surface area contributed by atoms with Crippen LogP contribution < -0.4 is 4.90 Å². The average molecular weight is 251 g/mol. The standard InChI is InChI=1S/C18H21N/c1-4-10-16-11-8-9-14-18(16)19(15(2)3)17-12-6-5-7-13-17/h4-15H,1-3H3/b10-4+. The highest BCUT2D eigenvalue weighted by atomic mass is 15.2. The van der Waals surface area contributed by atoms with Crippen molar-refractivity contribution in [2.75, 3.05) is 4.90 Å². The van der Waals surface area contributed by atoms with Gasteiger partial charge in [-0.2, -0.15) is 0 Å². The van der Waals surface area contributed by atoms with Crippen LogP contribution in [0.2, 0.25) is 0 Å². The van der Waals surface area contributed by atoms with Gasteiger partial charge in [0.2, 0.25) is 0 Å². The van der Waals surface area contributed by atoms with Crippen molar-refractivity contribution in [3.8, 4) is 0 Å². The van der Waals surface area contributed by atoms with Crippen LogP contribution >= 0.6 is 0 Å². The van der Waals surface area contributed by atoms with E-state index >= 15 is 0 Å². The number of hydrogen-bond acceptors (Lipinski definition) is 1. The van der Waals surface area contributed by atoms with Gasteiger partial charge in [0.25, 0.3) is 0 Å². The molecule has 2 aromatic carbocycles. The zero-order valence-electron chi connectivity index (χ0n) is 11.9. The minimum atomic E-state index is 0.411. The Kier molecular flexibility index (Phi) is 4.40. The molecule has 0 N–H and O–H groups in total. The van der Waals surface area contributed by atoms with Crippen molar-refractivity contribution < 1.29 is 0 Å². The summed E-state index contributed by atoms with van der Waals surface area (Å²) >= 11 is 0. The van der Waals surface area contributed by atoms with Gasteiger partial charge >= 0.3 is 0 Å². The maximum absolute atomic E-state index is 2.37. The molecule has 0 radical (unpaired) electrons. The summed E-state index contributed by atoms with van der Waals surface area (Å²) in [6.07, 6.45) is 4.25. The topological polar surface area (TPSA) is 3.24 Å². The van der Waals surface area contributed by atoms with Crippen molar-refractivity contribution in [2.24, 2.45) is 0 Å². The molecular weight excluding hydrogens is 230 g/mol. The number of hydrogen-bond donors (Lipinski definition) is 0. The molecule has 1 heteroatoms. The minimum Gasteiger partial charge on any atom is -0.338 e. The monoisotopic (exact) mass is 251 g/mol. The molecule has 0 bridgehead atoms. The molecule has 0 aromatic heterocycles. The average Bonchev–Trinajstić information content (AvgIpc) is 2.42. The Labute approximate surface area is 116 Å². The molecule has 19 heavy (non-hydrogen) atoms. The second-order valence-electron chi connectivity index (χ2n) is 4.86. The van der Waals surface area contributed by atoms with Crippen molar-refractivity contribution in [3.63, 3.8) is 0 Å². The largest absolute Gasteiger partial charge is 0.338 e. The van der Waals surface area contributed by atoms with Crippen molar-refractivity contribution in [3.05, 3.63) is 66.2 Å². The first kappa shape index (κ1) is 13.4. The number of nitrogens with zero attached hydrogens (tertiary/aromatic N) is 1. The predicted octanol–water partition coefficient (Wildman–Crippen LogP) is 5.27. The van der Waals surface area contributed by atoms with Crippen LogP contribution in [0, 0.1) is 0 Å². The molecular formula is C18H21N. The van der Waals surface area contributed by atoms with Gasteiger partial charge in [-0.3, -0.25) is 0 Å². The molecule has 0 fully saturated rings. The quantitative estimate of drug-likeness (QED) is 0.715. The normalized spacial score (nSPS) is 11.2. The SMILES string of the molecule is C/C=C/c1ccccc1N(c1ccccc1)C(C)C. The number of anilines is 2. The summed E-state index contributed by atoms with van der Waals surface area (Å²) < 4.78 is 0. The number of allylic oxidation sites excluding steroid dienone is 1. The molecule has 1 nitrogen and oxygen atoms in total. The maximum Gasteiger partial charge on any atom is 0.0486 e. The molecule has 0 aliphatic heterocycles. The van der Waals surface area contributed by atoms with Crippen LogP contribution in [0.1, 0.15) is 26.3 Å². The van der Waals surface area contributed by atoms with Crippen LogP contribution in [0.3, 0.4) is 0 Å². The first-order valence-corrected chi connectivity index (χ1v) is 6.80. The van der Waals surface area contributed by atoms with Gasteiger partial charge in [-0.15, -0.1) is 0 Å². The third kappa shape index (κ3) is 3.05. The zero-order valence-corrected chi connectivity index (χ0v) is 11.9. The van der Waals surface area contributed by atoms with Gasteiger partial charge in [-0.25, -0.2) is 0 Å². The maximum atomic E-state index is 2.37. The van der Waals surface area contributed by atoms with Crippen LogP contribution in [0.15, 0.2) is 60.7 Å². The van der Waals surface area contributed by atoms with Crippen molar-refractivity contribution in [1.82, 2.24) is 0 Å². The summed E-state index contributed by atoms with van der Waals surface area (Å²) in [6, 6.07) is 19.5. The second kappa shape index (κ2) is 6.24. The fraction of sp³-hybridized carbons (Fsp3) is 0.222. The van der Waals surface area contributed by atoms with Crippen molar-refractivity contribution in [2.45, 2.75) is 26.8 Å². The van der Waals surface area contributed by atoms with Crippen LogP contribution in [-0.2, 0) is 0 Å². The zero-order chi connectivity index (χ0) is 13.7. The molecule has 0 amide bonds. The van der Waals surface area contributed by atoms with Crippen LogP contribution in [0.5, 0.6) is 0 Å². The number of rotatable bonds is 4. The molecule has 0 atom stereocenters.